The maximum absolute atomic E-state index is 12.0. The number of fused-ring (bicyclic) bond motifs is 1. The van der Waals surface area contributed by atoms with Crippen LogP contribution in [0.1, 0.15) is 13.8 Å². The molecule has 0 aromatic heterocycles. The molecule has 104 valence electrons. The summed E-state index contributed by atoms with van der Waals surface area (Å²) in [6.07, 6.45) is 1.07. The maximum Gasteiger partial charge on any atom is 0.233 e. The normalized spacial score (nSPS) is 17.7. The molecule has 2 N–H and O–H groups in total. The van der Waals surface area contributed by atoms with E-state index in [4.69, 9.17) is 4.74 Å². The molecule has 0 unspecified atom stereocenters. The van der Waals surface area contributed by atoms with E-state index in [9.17, 15) is 13.2 Å². The molecule has 6 nitrogen and oxygen atoms in total. The van der Waals surface area contributed by atoms with Crippen molar-refractivity contribution in [3.8, 4) is 5.75 Å². The Bertz CT molecular complexity index is 623. The Balaban J connectivity index is 2.34. The summed E-state index contributed by atoms with van der Waals surface area (Å²) in [5.74, 6) is 0.362. The number of ether oxygens (including phenoxy) is 1. The molecular weight excluding hydrogens is 268 g/mol. The Labute approximate surface area is 112 Å². The van der Waals surface area contributed by atoms with Crippen molar-refractivity contribution in [2.45, 2.75) is 13.8 Å². The van der Waals surface area contributed by atoms with Crippen molar-refractivity contribution in [2.24, 2.45) is 5.41 Å². The summed E-state index contributed by atoms with van der Waals surface area (Å²) in [6.45, 7) is 3.83. The molecule has 1 heterocycles. The monoisotopic (exact) mass is 284 g/mol. The van der Waals surface area contributed by atoms with Crippen molar-refractivity contribution >= 4 is 27.3 Å². The Kier molecular flexibility index (Phi) is 3.17. The molecule has 0 saturated heterocycles. The van der Waals surface area contributed by atoms with Gasteiger partial charge in [0.25, 0.3) is 0 Å². The average Bonchev–Trinajstić information content (AvgIpc) is 2.35. The third kappa shape index (κ3) is 3.17. The molecule has 0 aliphatic carbocycles. The van der Waals surface area contributed by atoms with E-state index in [0.29, 0.717) is 17.1 Å². The molecule has 1 aliphatic heterocycles. The largest absolute Gasteiger partial charge is 0.490 e. The first-order valence-corrected chi connectivity index (χ1v) is 7.63. The van der Waals surface area contributed by atoms with Gasteiger partial charge in [-0.1, -0.05) is 0 Å². The summed E-state index contributed by atoms with van der Waals surface area (Å²) in [5, 5.41) is 2.74. The molecule has 1 aliphatic rings. The van der Waals surface area contributed by atoms with Gasteiger partial charge in [-0.3, -0.25) is 9.52 Å². The molecule has 0 fully saturated rings. The molecule has 2 rings (SSSR count). The molecule has 0 radical (unpaired) electrons. The molecule has 19 heavy (non-hydrogen) atoms. The number of hydrogen-bond donors (Lipinski definition) is 2. The predicted octanol–water partition coefficient (Wildman–Crippen LogP) is 1.42. The lowest BCUT2D eigenvalue weighted by Gasteiger charge is -2.18. The van der Waals surface area contributed by atoms with Crippen LogP contribution in [-0.4, -0.2) is 27.2 Å². The highest BCUT2D eigenvalue weighted by Crippen LogP contribution is 2.34. The zero-order valence-electron chi connectivity index (χ0n) is 11.0. The third-order valence-electron chi connectivity index (χ3n) is 2.73. The van der Waals surface area contributed by atoms with E-state index >= 15 is 0 Å². The van der Waals surface area contributed by atoms with E-state index < -0.39 is 15.4 Å². The molecule has 1 aromatic rings. The Morgan fingerprint density at radius 2 is 2.05 bits per heavy atom. The first kappa shape index (κ1) is 13.7. The van der Waals surface area contributed by atoms with Crippen LogP contribution in [0.2, 0.25) is 0 Å². The van der Waals surface area contributed by atoms with Gasteiger partial charge in [-0.05, 0) is 32.0 Å². The van der Waals surface area contributed by atoms with Gasteiger partial charge in [0.05, 0.1) is 23.0 Å². The van der Waals surface area contributed by atoms with E-state index in [1.54, 1.807) is 26.0 Å². The van der Waals surface area contributed by atoms with Crippen LogP contribution in [0.15, 0.2) is 18.2 Å². The molecule has 1 aromatic carbocycles. The number of rotatable bonds is 2. The highest BCUT2D eigenvalue weighted by Gasteiger charge is 2.32. The standard InChI is InChI=1S/C12H16N2O4S/c1-12(2)7-18-10-5-4-8(14-19(3,16)17)6-9(10)13-11(12)15/h4-6,14H,7H2,1-3H3,(H,13,15). The van der Waals surface area contributed by atoms with Gasteiger partial charge in [-0.2, -0.15) is 0 Å². The second kappa shape index (κ2) is 4.41. The number of hydrogen-bond acceptors (Lipinski definition) is 4. The van der Waals surface area contributed by atoms with E-state index in [-0.39, 0.29) is 12.5 Å². The minimum absolute atomic E-state index is 0.164. The molecule has 0 bridgehead atoms. The summed E-state index contributed by atoms with van der Waals surface area (Å²) in [7, 11) is -3.35. The summed E-state index contributed by atoms with van der Waals surface area (Å²) in [4.78, 5) is 12.0. The minimum atomic E-state index is -3.35. The quantitative estimate of drug-likeness (QED) is 0.860. The van der Waals surface area contributed by atoms with E-state index in [2.05, 4.69) is 10.0 Å². The van der Waals surface area contributed by atoms with Gasteiger partial charge in [0.1, 0.15) is 12.4 Å². The molecule has 0 saturated carbocycles. The van der Waals surface area contributed by atoms with E-state index in [1.165, 1.54) is 6.07 Å². The Morgan fingerprint density at radius 3 is 2.68 bits per heavy atom. The van der Waals surface area contributed by atoms with Gasteiger partial charge in [-0.25, -0.2) is 8.42 Å². The fourth-order valence-corrected chi connectivity index (χ4v) is 2.20. The van der Waals surface area contributed by atoms with Gasteiger partial charge in [-0.15, -0.1) is 0 Å². The number of amides is 1. The van der Waals surface area contributed by atoms with Crippen molar-refractivity contribution in [1.82, 2.24) is 0 Å². The Hall–Kier alpha value is -1.76. The van der Waals surface area contributed by atoms with Crippen LogP contribution >= 0.6 is 0 Å². The van der Waals surface area contributed by atoms with Crippen LogP contribution < -0.4 is 14.8 Å². The number of carbonyl (C=O) groups excluding carboxylic acids is 1. The summed E-state index contributed by atoms with van der Waals surface area (Å²) >= 11 is 0. The van der Waals surface area contributed by atoms with Crippen molar-refractivity contribution < 1.29 is 17.9 Å². The maximum atomic E-state index is 12.0. The van der Waals surface area contributed by atoms with Gasteiger partial charge in [0.15, 0.2) is 0 Å². The van der Waals surface area contributed by atoms with Gasteiger partial charge >= 0.3 is 0 Å². The number of sulfonamides is 1. The van der Waals surface area contributed by atoms with Gasteiger partial charge in [0, 0.05) is 0 Å². The lowest BCUT2D eigenvalue weighted by atomic mass is 9.94. The zero-order chi connectivity index (χ0) is 14.3. The first-order valence-electron chi connectivity index (χ1n) is 5.73. The number of benzene rings is 1. The summed E-state index contributed by atoms with van der Waals surface area (Å²) in [6, 6.07) is 4.75. The Morgan fingerprint density at radius 1 is 1.37 bits per heavy atom. The minimum Gasteiger partial charge on any atom is -0.490 e. The number of carbonyl (C=O) groups is 1. The molecular formula is C12H16N2O4S. The number of nitrogens with one attached hydrogen (secondary N) is 2. The average molecular weight is 284 g/mol. The van der Waals surface area contributed by atoms with Crippen LogP contribution in [0.3, 0.4) is 0 Å². The summed E-state index contributed by atoms with van der Waals surface area (Å²) in [5.41, 5.74) is 0.206. The highest BCUT2D eigenvalue weighted by atomic mass is 32.2. The SMILES string of the molecule is CC1(C)COc2ccc(NS(C)(=O)=O)cc2NC1=O. The second-order valence-electron chi connectivity index (χ2n) is 5.21. The smallest absolute Gasteiger partial charge is 0.233 e. The topological polar surface area (TPSA) is 84.5 Å². The predicted molar refractivity (Wildman–Crippen MR) is 72.8 cm³/mol. The molecule has 0 atom stereocenters. The van der Waals surface area contributed by atoms with Crippen LogP contribution in [0.5, 0.6) is 5.75 Å². The van der Waals surface area contributed by atoms with Crippen LogP contribution in [-0.2, 0) is 14.8 Å². The fraction of sp³-hybridized carbons (Fsp3) is 0.417. The third-order valence-corrected chi connectivity index (χ3v) is 3.34. The van der Waals surface area contributed by atoms with Crippen molar-refractivity contribution in [2.75, 3.05) is 22.9 Å². The van der Waals surface area contributed by atoms with Gasteiger partial charge < -0.3 is 10.1 Å². The fourth-order valence-electron chi connectivity index (χ4n) is 1.65. The zero-order valence-corrected chi connectivity index (χ0v) is 11.8. The van der Waals surface area contributed by atoms with Crippen LogP contribution in [0.25, 0.3) is 0 Å². The van der Waals surface area contributed by atoms with Crippen LogP contribution in [0, 0.1) is 5.41 Å². The summed E-state index contributed by atoms with van der Waals surface area (Å²) < 4.78 is 30.3. The molecule has 7 heteroatoms. The molecule has 1 amide bonds. The van der Waals surface area contributed by atoms with E-state index in [1.807, 2.05) is 0 Å². The van der Waals surface area contributed by atoms with Crippen LogP contribution in [0.4, 0.5) is 11.4 Å². The number of anilines is 2. The first-order chi connectivity index (χ1) is 8.67. The lowest BCUT2D eigenvalue weighted by Crippen LogP contribution is -2.33. The molecule has 0 spiro atoms. The van der Waals surface area contributed by atoms with Crippen molar-refractivity contribution in [1.29, 1.82) is 0 Å². The highest BCUT2D eigenvalue weighted by molar-refractivity contribution is 7.92. The second-order valence-corrected chi connectivity index (χ2v) is 6.96. The van der Waals surface area contributed by atoms with Gasteiger partial charge in [0.2, 0.25) is 15.9 Å². The van der Waals surface area contributed by atoms with Crippen molar-refractivity contribution in [3.05, 3.63) is 18.2 Å². The lowest BCUT2D eigenvalue weighted by molar-refractivity contribution is -0.124. The van der Waals surface area contributed by atoms with E-state index in [0.717, 1.165) is 6.26 Å². The van der Waals surface area contributed by atoms with Crippen molar-refractivity contribution in [3.63, 3.8) is 0 Å².